The summed E-state index contributed by atoms with van der Waals surface area (Å²) < 4.78 is 21.5. The molecule has 4 rings (SSSR count). The number of nitrogens with zero attached hydrogens (tertiary/aromatic N) is 1. The number of amides is 1. The van der Waals surface area contributed by atoms with Gasteiger partial charge in [0, 0.05) is 12.6 Å². The van der Waals surface area contributed by atoms with Crippen molar-refractivity contribution in [2.24, 2.45) is 0 Å². The van der Waals surface area contributed by atoms with Gasteiger partial charge in [0.15, 0.2) is 0 Å². The fourth-order valence-electron chi connectivity index (χ4n) is 4.42. The van der Waals surface area contributed by atoms with E-state index in [0.717, 1.165) is 5.56 Å². The van der Waals surface area contributed by atoms with Crippen LogP contribution < -0.4 is 18.9 Å². The number of likely N-dealkylation sites (tertiary alicyclic amines) is 1. The molecule has 1 aliphatic heterocycles. The van der Waals surface area contributed by atoms with E-state index < -0.39 is 23.5 Å². The lowest BCUT2D eigenvalue weighted by Crippen LogP contribution is -2.29. The van der Waals surface area contributed by atoms with E-state index in [1.807, 2.05) is 31.2 Å². The topological polar surface area (TPSA) is 94.5 Å². The molecule has 0 aliphatic carbocycles. The van der Waals surface area contributed by atoms with Gasteiger partial charge >= 0.3 is 0 Å². The number of aliphatic hydroxyl groups is 1. The highest BCUT2D eigenvalue weighted by molar-refractivity contribution is 6.46. The van der Waals surface area contributed by atoms with Gasteiger partial charge in [-0.2, -0.15) is 0 Å². The van der Waals surface area contributed by atoms with Crippen molar-refractivity contribution in [3.05, 3.63) is 87.9 Å². The number of methoxy groups -OCH3 is 3. The SMILES string of the molecule is CCOc1ccc(CN2C(=O)C(=O)/C(=C(/O)c3cc(Cl)c(OC)cc3OC)C2c2ccc(OC)cc2)cc1. The van der Waals surface area contributed by atoms with Crippen LogP contribution in [0.15, 0.2) is 66.2 Å². The predicted octanol–water partition coefficient (Wildman–Crippen LogP) is 5.39. The summed E-state index contributed by atoms with van der Waals surface area (Å²) in [5.41, 5.74) is 1.50. The first-order valence-electron chi connectivity index (χ1n) is 11.9. The molecule has 8 nitrogen and oxygen atoms in total. The second kappa shape index (κ2) is 11.5. The van der Waals surface area contributed by atoms with E-state index in [0.29, 0.717) is 29.4 Å². The third-order valence-corrected chi connectivity index (χ3v) is 6.58. The molecular formula is C29H28ClNO7. The van der Waals surface area contributed by atoms with Crippen LogP contribution in [0.2, 0.25) is 5.02 Å². The fourth-order valence-corrected chi connectivity index (χ4v) is 4.66. The first-order chi connectivity index (χ1) is 18.3. The van der Waals surface area contributed by atoms with Crippen molar-refractivity contribution in [1.82, 2.24) is 4.90 Å². The summed E-state index contributed by atoms with van der Waals surface area (Å²) in [6.45, 7) is 2.56. The van der Waals surface area contributed by atoms with Gasteiger partial charge in [0.2, 0.25) is 0 Å². The molecule has 1 atom stereocenters. The number of hydrogen-bond donors (Lipinski definition) is 1. The third-order valence-electron chi connectivity index (χ3n) is 6.29. The highest BCUT2D eigenvalue weighted by atomic mass is 35.5. The average Bonchev–Trinajstić information content (AvgIpc) is 3.18. The van der Waals surface area contributed by atoms with Crippen molar-refractivity contribution in [2.75, 3.05) is 27.9 Å². The molecule has 1 amide bonds. The van der Waals surface area contributed by atoms with Gasteiger partial charge in [0.1, 0.15) is 28.8 Å². The Morgan fingerprint density at radius 3 is 2.11 bits per heavy atom. The van der Waals surface area contributed by atoms with E-state index in [1.54, 1.807) is 31.4 Å². The minimum atomic E-state index is -0.877. The molecule has 0 aromatic heterocycles. The quantitative estimate of drug-likeness (QED) is 0.222. The second-order valence-corrected chi connectivity index (χ2v) is 8.87. The lowest BCUT2D eigenvalue weighted by Gasteiger charge is -2.26. The van der Waals surface area contributed by atoms with Crippen molar-refractivity contribution >= 4 is 29.1 Å². The molecule has 3 aromatic carbocycles. The van der Waals surface area contributed by atoms with E-state index in [4.69, 9.17) is 30.5 Å². The standard InChI is InChI=1S/C29H28ClNO7/c1-5-38-20-10-6-17(7-11-20)16-31-26(18-8-12-19(35-2)13-9-18)25(28(33)29(31)34)27(32)21-14-22(30)24(37-4)15-23(21)36-3/h6-15,26,32H,5,16H2,1-4H3/b27-25+. The highest BCUT2D eigenvalue weighted by Crippen LogP contribution is 2.43. The minimum Gasteiger partial charge on any atom is -0.507 e. The Kier molecular flexibility index (Phi) is 8.12. The summed E-state index contributed by atoms with van der Waals surface area (Å²) in [5.74, 6) is -0.0742. The lowest BCUT2D eigenvalue weighted by molar-refractivity contribution is -0.140. The molecule has 1 heterocycles. The summed E-state index contributed by atoms with van der Waals surface area (Å²) in [6.07, 6.45) is 0. The van der Waals surface area contributed by atoms with Gasteiger partial charge in [-0.1, -0.05) is 35.9 Å². The number of aliphatic hydroxyl groups excluding tert-OH is 1. The van der Waals surface area contributed by atoms with Crippen LogP contribution in [-0.2, 0) is 16.1 Å². The maximum Gasteiger partial charge on any atom is 0.295 e. The number of halogens is 1. The first kappa shape index (κ1) is 26.9. The zero-order valence-electron chi connectivity index (χ0n) is 21.5. The molecular weight excluding hydrogens is 510 g/mol. The van der Waals surface area contributed by atoms with Crippen LogP contribution in [0.25, 0.3) is 5.76 Å². The number of ether oxygens (including phenoxy) is 4. The van der Waals surface area contributed by atoms with Crippen molar-refractivity contribution in [1.29, 1.82) is 0 Å². The Morgan fingerprint density at radius 2 is 1.53 bits per heavy atom. The first-order valence-corrected chi connectivity index (χ1v) is 12.3. The molecule has 1 saturated heterocycles. The Hall–Kier alpha value is -4.17. The molecule has 1 fully saturated rings. The van der Waals surface area contributed by atoms with E-state index >= 15 is 0 Å². The zero-order valence-corrected chi connectivity index (χ0v) is 22.2. The molecule has 198 valence electrons. The lowest BCUT2D eigenvalue weighted by atomic mass is 9.94. The number of carbonyl (C=O) groups excluding carboxylic acids is 2. The fraction of sp³-hybridized carbons (Fsp3) is 0.241. The van der Waals surface area contributed by atoms with Gasteiger partial charge in [-0.15, -0.1) is 0 Å². The summed E-state index contributed by atoms with van der Waals surface area (Å²) in [6, 6.07) is 16.3. The highest BCUT2D eigenvalue weighted by Gasteiger charge is 2.46. The predicted molar refractivity (Wildman–Crippen MR) is 143 cm³/mol. The van der Waals surface area contributed by atoms with Crippen LogP contribution in [-0.4, -0.2) is 49.6 Å². The Labute approximate surface area is 225 Å². The van der Waals surface area contributed by atoms with Crippen LogP contribution in [0.4, 0.5) is 0 Å². The van der Waals surface area contributed by atoms with Gasteiger partial charge in [-0.05, 0) is 48.4 Å². The van der Waals surface area contributed by atoms with Crippen molar-refractivity contribution in [3.8, 4) is 23.0 Å². The Balaban J connectivity index is 1.85. The van der Waals surface area contributed by atoms with Gasteiger partial charge in [-0.25, -0.2) is 0 Å². The summed E-state index contributed by atoms with van der Waals surface area (Å²) in [7, 11) is 4.42. The van der Waals surface area contributed by atoms with Crippen LogP contribution in [0.3, 0.4) is 0 Å². The summed E-state index contributed by atoms with van der Waals surface area (Å²) >= 11 is 6.33. The number of hydrogen-bond acceptors (Lipinski definition) is 7. The maximum atomic E-state index is 13.4. The molecule has 0 radical (unpaired) electrons. The molecule has 38 heavy (non-hydrogen) atoms. The number of ketones is 1. The number of Topliss-reactive ketones (excluding diaryl/α,β-unsaturated/α-hetero) is 1. The second-order valence-electron chi connectivity index (χ2n) is 8.46. The largest absolute Gasteiger partial charge is 0.507 e. The van der Waals surface area contributed by atoms with E-state index in [-0.39, 0.29) is 28.5 Å². The average molecular weight is 538 g/mol. The molecule has 0 spiro atoms. The van der Waals surface area contributed by atoms with E-state index in [2.05, 4.69) is 0 Å². The third kappa shape index (κ3) is 5.13. The van der Waals surface area contributed by atoms with Gasteiger partial charge in [0.05, 0.1) is 50.1 Å². The maximum absolute atomic E-state index is 13.4. The van der Waals surface area contributed by atoms with Crippen LogP contribution in [0.1, 0.15) is 29.7 Å². The van der Waals surface area contributed by atoms with Gasteiger partial charge in [0.25, 0.3) is 11.7 Å². The molecule has 0 bridgehead atoms. The molecule has 1 unspecified atom stereocenters. The number of benzene rings is 3. The molecule has 1 aliphatic rings. The van der Waals surface area contributed by atoms with Crippen LogP contribution >= 0.6 is 11.6 Å². The molecule has 3 aromatic rings. The van der Waals surface area contributed by atoms with Crippen LogP contribution in [0, 0.1) is 0 Å². The van der Waals surface area contributed by atoms with E-state index in [9.17, 15) is 14.7 Å². The monoisotopic (exact) mass is 537 g/mol. The van der Waals surface area contributed by atoms with Crippen molar-refractivity contribution in [2.45, 2.75) is 19.5 Å². The van der Waals surface area contributed by atoms with Gasteiger partial charge < -0.3 is 29.0 Å². The summed E-state index contributed by atoms with van der Waals surface area (Å²) in [4.78, 5) is 28.2. The van der Waals surface area contributed by atoms with E-state index in [1.165, 1.54) is 31.3 Å². The smallest absolute Gasteiger partial charge is 0.295 e. The van der Waals surface area contributed by atoms with Crippen molar-refractivity contribution < 1.29 is 33.6 Å². The normalized spacial score (nSPS) is 16.4. The van der Waals surface area contributed by atoms with Crippen LogP contribution in [0.5, 0.6) is 23.0 Å². The zero-order chi connectivity index (χ0) is 27.4. The van der Waals surface area contributed by atoms with Gasteiger partial charge in [-0.3, -0.25) is 9.59 Å². The molecule has 9 heteroatoms. The van der Waals surface area contributed by atoms with Crippen molar-refractivity contribution in [3.63, 3.8) is 0 Å². The molecule has 1 N–H and O–H groups in total. The molecule has 0 saturated carbocycles. The number of carbonyl (C=O) groups is 2. The minimum absolute atomic E-state index is 0.0781. The summed E-state index contributed by atoms with van der Waals surface area (Å²) in [5, 5.41) is 11.7. The number of rotatable bonds is 9. The Bertz CT molecular complexity index is 1370. The Morgan fingerprint density at radius 1 is 0.895 bits per heavy atom.